The molecule has 0 saturated heterocycles. The lowest BCUT2D eigenvalue weighted by atomic mass is 9.86. The lowest BCUT2D eigenvalue weighted by Crippen LogP contribution is -2.18. The molecule has 1 unspecified atom stereocenters. The summed E-state index contributed by atoms with van der Waals surface area (Å²) in [5.74, 6) is 0.0219. The zero-order valence-corrected chi connectivity index (χ0v) is 20.4. The average molecular weight is 446 g/mol. The van der Waals surface area contributed by atoms with Crippen molar-refractivity contribution in [3.8, 4) is 0 Å². The molecule has 31 heavy (non-hydrogen) atoms. The Labute approximate surface area is 189 Å². The maximum Gasteiger partial charge on any atom is 0.305 e. The van der Waals surface area contributed by atoms with Crippen molar-refractivity contribution >= 4 is 35.1 Å². The summed E-state index contributed by atoms with van der Waals surface area (Å²) in [6, 6.07) is 8.25. The largest absolute Gasteiger partial charge is 0.452 e. The smallest absolute Gasteiger partial charge is 0.305 e. The monoisotopic (exact) mass is 445 g/mol. The normalized spacial score (nSPS) is 13.8. The second-order valence-electron chi connectivity index (χ2n) is 8.32. The molecule has 2 rings (SSSR count). The summed E-state index contributed by atoms with van der Waals surface area (Å²) < 4.78 is 13.2. The summed E-state index contributed by atoms with van der Waals surface area (Å²) in [6.45, 7) is 13.9. The van der Waals surface area contributed by atoms with E-state index in [1.807, 2.05) is 26.0 Å². The Kier molecular flexibility index (Phi) is 8.07. The van der Waals surface area contributed by atoms with E-state index in [0.29, 0.717) is 28.7 Å². The SMILES string of the molecule is CCn1nc(C)c(Cl)c1/C(OC(C)OC(C)=O)=C(\C=N\C)c1ccc(C(C)(C)C)cc1. The van der Waals surface area contributed by atoms with Crippen LogP contribution in [0.2, 0.25) is 5.02 Å². The molecular formula is C24H32ClN3O3. The van der Waals surface area contributed by atoms with Gasteiger partial charge in [-0.1, -0.05) is 56.6 Å². The number of ether oxygens (including phenoxy) is 2. The number of aromatic nitrogens is 2. The fourth-order valence-electron chi connectivity index (χ4n) is 3.22. The standard InChI is InChI=1S/C24H32ClN3O3/c1-9-28-22(21(25)15(2)27-28)23(31-17(4)30-16(3)29)20(14-26-8)18-10-12-19(13-11-18)24(5,6)7/h10-14,17H,9H2,1-8H3/b23-20-,26-14+. The molecule has 0 radical (unpaired) electrons. The van der Waals surface area contributed by atoms with Gasteiger partial charge in [0, 0.05) is 39.2 Å². The number of rotatable bonds is 7. The van der Waals surface area contributed by atoms with E-state index in [1.165, 1.54) is 12.5 Å². The van der Waals surface area contributed by atoms with E-state index in [4.69, 9.17) is 21.1 Å². The van der Waals surface area contributed by atoms with E-state index in [2.05, 4.69) is 43.0 Å². The Morgan fingerprint density at radius 1 is 1.26 bits per heavy atom. The van der Waals surface area contributed by atoms with Crippen molar-refractivity contribution in [3.63, 3.8) is 0 Å². The maximum absolute atomic E-state index is 11.5. The van der Waals surface area contributed by atoms with Crippen molar-refractivity contribution in [2.24, 2.45) is 4.99 Å². The molecule has 1 atom stereocenters. The van der Waals surface area contributed by atoms with Gasteiger partial charge in [-0.05, 0) is 30.4 Å². The van der Waals surface area contributed by atoms with Crippen molar-refractivity contribution in [1.29, 1.82) is 0 Å². The van der Waals surface area contributed by atoms with Crippen LogP contribution in [-0.2, 0) is 26.2 Å². The molecule has 0 saturated carbocycles. The molecule has 0 aliphatic carbocycles. The number of hydrogen-bond acceptors (Lipinski definition) is 5. The summed E-state index contributed by atoms with van der Waals surface area (Å²) in [4.78, 5) is 15.7. The van der Waals surface area contributed by atoms with Gasteiger partial charge in [-0.2, -0.15) is 5.10 Å². The van der Waals surface area contributed by atoms with Crippen LogP contribution in [0.25, 0.3) is 11.3 Å². The Hall–Kier alpha value is -2.60. The number of hydrogen-bond donors (Lipinski definition) is 0. The van der Waals surface area contributed by atoms with Crippen LogP contribution in [0.1, 0.15) is 64.1 Å². The molecule has 0 aliphatic heterocycles. The van der Waals surface area contributed by atoms with Crippen LogP contribution >= 0.6 is 11.6 Å². The third kappa shape index (κ3) is 5.97. The molecule has 6 nitrogen and oxygen atoms in total. The fourth-order valence-corrected chi connectivity index (χ4v) is 3.44. The Morgan fingerprint density at radius 2 is 1.87 bits per heavy atom. The second-order valence-corrected chi connectivity index (χ2v) is 8.69. The minimum atomic E-state index is -0.821. The molecule has 0 bridgehead atoms. The molecule has 168 valence electrons. The first kappa shape index (κ1) is 24.7. The van der Waals surface area contributed by atoms with Gasteiger partial charge in [0.05, 0.1) is 10.7 Å². The fraction of sp³-hybridized carbons (Fsp3) is 0.458. The zero-order chi connectivity index (χ0) is 23.3. The number of halogens is 1. The highest BCUT2D eigenvalue weighted by Gasteiger charge is 2.25. The molecule has 2 aromatic rings. The van der Waals surface area contributed by atoms with Crippen molar-refractivity contribution in [2.75, 3.05) is 7.05 Å². The number of nitrogens with zero attached hydrogens (tertiary/aromatic N) is 3. The van der Waals surface area contributed by atoms with E-state index in [9.17, 15) is 4.79 Å². The van der Waals surface area contributed by atoms with Crippen LogP contribution < -0.4 is 0 Å². The number of carbonyl (C=O) groups excluding carboxylic acids is 1. The van der Waals surface area contributed by atoms with Gasteiger partial charge in [-0.25, -0.2) is 0 Å². The topological polar surface area (TPSA) is 65.7 Å². The van der Waals surface area contributed by atoms with E-state index >= 15 is 0 Å². The van der Waals surface area contributed by atoms with Gasteiger partial charge in [0.2, 0.25) is 6.29 Å². The molecule has 1 heterocycles. The van der Waals surface area contributed by atoms with Gasteiger partial charge in [0.25, 0.3) is 0 Å². The third-order valence-electron chi connectivity index (χ3n) is 4.75. The quantitative estimate of drug-likeness (QED) is 0.239. The first-order valence-corrected chi connectivity index (χ1v) is 10.7. The van der Waals surface area contributed by atoms with Crippen LogP contribution in [0.5, 0.6) is 0 Å². The molecule has 1 aromatic heterocycles. The highest BCUT2D eigenvalue weighted by Crippen LogP contribution is 2.35. The van der Waals surface area contributed by atoms with Crippen molar-refractivity contribution < 1.29 is 14.3 Å². The first-order chi connectivity index (χ1) is 14.5. The highest BCUT2D eigenvalue weighted by atomic mass is 35.5. The Balaban J connectivity index is 2.76. The summed E-state index contributed by atoms with van der Waals surface area (Å²) in [5, 5.41) is 5.00. The molecule has 0 N–H and O–H groups in total. The van der Waals surface area contributed by atoms with Crippen molar-refractivity contribution in [2.45, 2.75) is 66.7 Å². The van der Waals surface area contributed by atoms with Gasteiger partial charge < -0.3 is 9.47 Å². The van der Waals surface area contributed by atoms with Crippen molar-refractivity contribution in [1.82, 2.24) is 9.78 Å². The summed E-state index contributed by atoms with van der Waals surface area (Å²) >= 11 is 6.64. The number of esters is 1. The lowest BCUT2D eigenvalue weighted by Gasteiger charge is -2.22. The van der Waals surface area contributed by atoms with Crippen LogP contribution in [-0.4, -0.2) is 35.3 Å². The molecule has 0 spiro atoms. The molecule has 0 fully saturated rings. The van der Waals surface area contributed by atoms with E-state index in [-0.39, 0.29) is 5.41 Å². The zero-order valence-electron chi connectivity index (χ0n) is 19.6. The van der Waals surface area contributed by atoms with E-state index in [1.54, 1.807) is 24.9 Å². The van der Waals surface area contributed by atoms with Gasteiger partial charge in [-0.3, -0.25) is 14.5 Å². The van der Waals surface area contributed by atoms with Gasteiger partial charge in [0.1, 0.15) is 5.69 Å². The predicted molar refractivity (Wildman–Crippen MR) is 126 cm³/mol. The number of allylic oxidation sites excluding steroid dienone is 1. The molecule has 1 aromatic carbocycles. The minimum Gasteiger partial charge on any atom is -0.452 e. The van der Waals surface area contributed by atoms with Crippen LogP contribution in [0, 0.1) is 6.92 Å². The summed E-state index contributed by atoms with van der Waals surface area (Å²) in [7, 11) is 1.70. The van der Waals surface area contributed by atoms with Crippen LogP contribution in [0.4, 0.5) is 0 Å². The van der Waals surface area contributed by atoms with E-state index < -0.39 is 12.3 Å². The first-order valence-electron chi connectivity index (χ1n) is 10.3. The lowest BCUT2D eigenvalue weighted by molar-refractivity contribution is -0.161. The summed E-state index contributed by atoms with van der Waals surface area (Å²) in [6.07, 6.45) is 0.902. The molecule has 0 amide bonds. The van der Waals surface area contributed by atoms with Crippen molar-refractivity contribution in [3.05, 3.63) is 51.8 Å². The van der Waals surface area contributed by atoms with Gasteiger partial charge in [0.15, 0.2) is 5.76 Å². The second kappa shape index (κ2) is 10.1. The van der Waals surface area contributed by atoms with Gasteiger partial charge >= 0.3 is 5.97 Å². The molecule has 0 aliphatic rings. The maximum atomic E-state index is 11.5. The number of aliphatic imine (C=N–C) groups is 1. The van der Waals surface area contributed by atoms with Gasteiger partial charge in [-0.15, -0.1) is 0 Å². The Morgan fingerprint density at radius 3 is 2.35 bits per heavy atom. The minimum absolute atomic E-state index is 0.0334. The van der Waals surface area contributed by atoms with E-state index in [0.717, 1.165) is 11.1 Å². The molecular weight excluding hydrogens is 414 g/mol. The average Bonchev–Trinajstić information content (AvgIpc) is 2.97. The number of carbonyl (C=O) groups is 1. The number of aryl methyl sites for hydroxylation is 2. The third-order valence-corrected chi connectivity index (χ3v) is 5.20. The summed E-state index contributed by atoms with van der Waals surface area (Å²) in [5.41, 5.74) is 4.18. The molecule has 7 heteroatoms. The number of benzene rings is 1. The Bertz CT molecular complexity index is 983. The van der Waals surface area contributed by atoms with Crippen LogP contribution in [0.15, 0.2) is 29.3 Å². The highest BCUT2D eigenvalue weighted by molar-refractivity contribution is 6.33. The van der Waals surface area contributed by atoms with Crippen LogP contribution in [0.3, 0.4) is 0 Å². The predicted octanol–water partition coefficient (Wildman–Crippen LogP) is 5.66.